The van der Waals surface area contributed by atoms with Crippen LogP contribution in [0.2, 0.25) is 0 Å². The summed E-state index contributed by atoms with van der Waals surface area (Å²) in [5, 5.41) is 12.2. The first-order valence-corrected chi connectivity index (χ1v) is 9.52. The molecule has 0 saturated heterocycles. The van der Waals surface area contributed by atoms with Gasteiger partial charge in [-0.1, -0.05) is 54.2 Å². The molecule has 5 nitrogen and oxygen atoms in total. The molecule has 1 fully saturated rings. The summed E-state index contributed by atoms with van der Waals surface area (Å²) in [6.45, 7) is 0. The number of amides is 1. The van der Waals surface area contributed by atoms with Gasteiger partial charge in [-0.2, -0.15) is 0 Å². The number of hydrogen-bond acceptors (Lipinski definition) is 4. The largest absolute Gasteiger partial charge is 0.370 e. The quantitative estimate of drug-likeness (QED) is 0.661. The van der Waals surface area contributed by atoms with Gasteiger partial charge in [-0.3, -0.25) is 4.79 Å². The highest BCUT2D eigenvalue weighted by atomic mass is 32.2. The molecular formula is C19H20N4OS. The van der Waals surface area contributed by atoms with E-state index in [1.807, 2.05) is 0 Å². The molecule has 0 radical (unpaired) electrons. The summed E-state index contributed by atoms with van der Waals surface area (Å²) in [5.41, 5.74) is 6.57. The minimum Gasteiger partial charge on any atom is -0.370 e. The number of aryl methyl sites for hydroxylation is 1. The van der Waals surface area contributed by atoms with Gasteiger partial charge in [-0.05, 0) is 29.2 Å². The number of aromatic nitrogens is 3. The van der Waals surface area contributed by atoms with Crippen LogP contribution in [0.5, 0.6) is 0 Å². The summed E-state index contributed by atoms with van der Waals surface area (Å²) in [6.07, 6.45) is 3.19. The maximum Gasteiger partial charge on any atom is 0.217 e. The molecule has 6 heteroatoms. The van der Waals surface area contributed by atoms with Crippen molar-refractivity contribution >= 4 is 28.4 Å². The lowest BCUT2D eigenvalue weighted by atomic mass is 10.1. The fourth-order valence-electron chi connectivity index (χ4n) is 3.07. The van der Waals surface area contributed by atoms with E-state index in [1.54, 1.807) is 11.8 Å². The third-order valence-electron chi connectivity index (χ3n) is 4.48. The first-order chi connectivity index (χ1) is 12.2. The molecule has 0 aliphatic heterocycles. The van der Waals surface area contributed by atoms with Gasteiger partial charge in [0.05, 0.1) is 0 Å². The number of fused-ring (bicyclic) bond motifs is 1. The molecule has 1 heterocycles. The van der Waals surface area contributed by atoms with Crippen molar-refractivity contribution in [3.05, 3.63) is 53.9 Å². The Morgan fingerprint density at radius 2 is 1.96 bits per heavy atom. The molecule has 2 aromatic carbocycles. The minimum absolute atomic E-state index is 0.296. The fraction of sp³-hybridized carbons (Fsp3) is 0.316. The fourth-order valence-corrected chi connectivity index (χ4v) is 4.10. The molecule has 3 aromatic rings. The number of hydrogen-bond donors (Lipinski definition) is 1. The third kappa shape index (κ3) is 3.54. The molecule has 0 bridgehead atoms. The van der Waals surface area contributed by atoms with Gasteiger partial charge in [0.15, 0.2) is 5.16 Å². The molecule has 0 spiro atoms. The zero-order chi connectivity index (χ0) is 17.2. The predicted octanol–water partition coefficient (Wildman–Crippen LogP) is 3.48. The van der Waals surface area contributed by atoms with E-state index in [0.717, 1.165) is 29.6 Å². The maximum absolute atomic E-state index is 11.1. The Morgan fingerprint density at radius 3 is 2.76 bits per heavy atom. The van der Waals surface area contributed by atoms with Crippen molar-refractivity contribution in [3.63, 3.8) is 0 Å². The third-order valence-corrected chi connectivity index (χ3v) is 5.47. The van der Waals surface area contributed by atoms with Crippen molar-refractivity contribution < 1.29 is 4.79 Å². The second-order valence-corrected chi connectivity index (χ2v) is 7.34. The smallest absolute Gasteiger partial charge is 0.217 e. The molecule has 1 aromatic heterocycles. The number of rotatable bonds is 7. The van der Waals surface area contributed by atoms with Gasteiger partial charge in [0.2, 0.25) is 5.91 Å². The summed E-state index contributed by atoms with van der Waals surface area (Å²) in [4.78, 5) is 11.1. The number of carbonyl (C=O) groups is 1. The number of benzene rings is 2. The van der Waals surface area contributed by atoms with E-state index >= 15 is 0 Å². The Labute approximate surface area is 150 Å². The lowest BCUT2D eigenvalue weighted by molar-refractivity contribution is -0.118. The van der Waals surface area contributed by atoms with Crippen LogP contribution in [0.25, 0.3) is 10.8 Å². The van der Waals surface area contributed by atoms with Crippen LogP contribution in [-0.4, -0.2) is 20.7 Å². The van der Waals surface area contributed by atoms with E-state index in [9.17, 15) is 4.79 Å². The Kier molecular flexibility index (Phi) is 4.44. The molecule has 25 heavy (non-hydrogen) atoms. The lowest BCUT2D eigenvalue weighted by Gasteiger charge is -2.09. The van der Waals surface area contributed by atoms with Crippen LogP contribution in [0.3, 0.4) is 0 Å². The first kappa shape index (κ1) is 16.1. The Morgan fingerprint density at radius 1 is 1.16 bits per heavy atom. The molecular weight excluding hydrogens is 332 g/mol. The number of nitrogens with zero attached hydrogens (tertiary/aromatic N) is 3. The van der Waals surface area contributed by atoms with E-state index in [2.05, 4.69) is 57.2 Å². The van der Waals surface area contributed by atoms with Crippen LogP contribution in [0.1, 0.15) is 36.7 Å². The molecule has 4 rings (SSSR count). The molecule has 128 valence electrons. The van der Waals surface area contributed by atoms with Crippen LogP contribution in [0, 0.1) is 0 Å². The Hall–Kier alpha value is -2.34. The van der Waals surface area contributed by atoms with Gasteiger partial charge in [0.1, 0.15) is 5.82 Å². The highest BCUT2D eigenvalue weighted by Gasteiger charge is 2.29. The average Bonchev–Trinajstić information content (AvgIpc) is 3.38. The average molecular weight is 352 g/mol. The van der Waals surface area contributed by atoms with E-state index < -0.39 is 0 Å². The van der Waals surface area contributed by atoms with Gasteiger partial charge in [-0.25, -0.2) is 0 Å². The van der Waals surface area contributed by atoms with Crippen LogP contribution in [0.4, 0.5) is 0 Å². The summed E-state index contributed by atoms with van der Waals surface area (Å²) in [7, 11) is 0. The Balaban J connectivity index is 1.55. The van der Waals surface area contributed by atoms with E-state index in [4.69, 9.17) is 5.73 Å². The summed E-state index contributed by atoms with van der Waals surface area (Å²) in [6, 6.07) is 15.3. The SMILES string of the molecule is NC(=O)CCc1nnc(SCc2cccc3ccccc23)n1C1CC1. The van der Waals surface area contributed by atoms with Crippen molar-refractivity contribution in [1.82, 2.24) is 14.8 Å². The zero-order valence-electron chi connectivity index (χ0n) is 13.9. The van der Waals surface area contributed by atoms with E-state index in [0.29, 0.717) is 18.9 Å². The number of nitrogens with two attached hydrogens (primary N) is 1. The molecule has 1 aliphatic rings. The van der Waals surface area contributed by atoms with Gasteiger partial charge >= 0.3 is 0 Å². The predicted molar refractivity (Wildman–Crippen MR) is 99.3 cm³/mol. The second-order valence-electron chi connectivity index (χ2n) is 6.39. The normalized spacial score (nSPS) is 14.1. The monoisotopic (exact) mass is 352 g/mol. The van der Waals surface area contributed by atoms with Crippen LogP contribution in [-0.2, 0) is 17.0 Å². The highest BCUT2D eigenvalue weighted by molar-refractivity contribution is 7.98. The first-order valence-electron chi connectivity index (χ1n) is 8.54. The van der Waals surface area contributed by atoms with Crippen LogP contribution < -0.4 is 5.73 Å². The summed E-state index contributed by atoms with van der Waals surface area (Å²) >= 11 is 1.71. The molecule has 0 atom stereocenters. The summed E-state index contributed by atoms with van der Waals surface area (Å²) in [5.74, 6) is 1.43. The highest BCUT2D eigenvalue weighted by Crippen LogP contribution is 2.39. The van der Waals surface area contributed by atoms with Crippen molar-refractivity contribution in [3.8, 4) is 0 Å². The van der Waals surface area contributed by atoms with Gasteiger partial charge in [-0.15, -0.1) is 10.2 Å². The number of carbonyl (C=O) groups excluding carboxylic acids is 1. The molecule has 1 amide bonds. The standard InChI is InChI=1S/C19H20N4OS/c20-17(24)10-11-18-21-22-19(23(18)15-8-9-15)25-12-14-6-3-5-13-4-1-2-7-16(13)14/h1-7,15H,8-12H2,(H2,20,24). The van der Waals surface area contributed by atoms with Crippen molar-refractivity contribution in [2.24, 2.45) is 5.73 Å². The zero-order valence-corrected chi connectivity index (χ0v) is 14.7. The van der Waals surface area contributed by atoms with Crippen molar-refractivity contribution in [2.45, 2.75) is 42.6 Å². The topological polar surface area (TPSA) is 73.8 Å². The Bertz CT molecular complexity index is 911. The van der Waals surface area contributed by atoms with Gasteiger partial charge < -0.3 is 10.3 Å². The van der Waals surface area contributed by atoms with Crippen LogP contribution >= 0.6 is 11.8 Å². The van der Waals surface area contributed by atoms with Crippen molar-refractivity contribution in [1.29, 1.82) is 0 Å². The van der Waals surface area contributed by atoms with E-state index in [-0.39, 0.29) is 5.91 Å². The van der Waals surface area contributed by atoms with Crippen LogP contribution in [0.15, 0.2) is 47.6 Å². The number of thioether (sulfide) groups is 1. The summed E-state index contributed by atoms with van der Waals surface area (Å²) < 4.78 is 2.21. The van der Waals surface area contributed by atoms with Crippen molar-refractivity contribution in [2.75, 3.05) is 0 Å². The molecule has 0 unspecified atom stereocenters. The molecule has 1 aliphatic carbocycles. The van der Waals surface area contributed by atoms with Gasteiger partial charge in [0.25, 0.3) is 0 Å². The van der Waals surface area contributed by atoms with E-state index in [1.165, 1.54) is 16.3 Å². The molecule has 2 N–H and O–H groups in total. The lowest BCUT2D eigenvalue weighted by Crippen LogP contribution is -2.13. The number of primary amides is 1. The molecule has 1 saturated carbocycles. The van der Waals surface area contributed by atoms with Gasteiger partial charge in [0, 0.05) is 24.6 Å². The minimum atomic E-state index is -0.296. The maximum atomic E-state index is 11.1. The second kappa shape index (κ2) is 6.88.